The quantitative estimate of drug-likeness (QED) is 0.460. The standard InChI is InChI=1S/C11H17NO4/c1-7(13)5-12-6-11(16)8-2-3-9(14)10(15)4-8/h2-4,7,11-16H,5-6H2,1H3. The Hall–Kier alpha value is -1.30. The summed E-state index contributed by atoms with van der Waals surface area (Å²) in [6, 6.07) is 4.16. The van der Waals surface area contributed by atoms with Crippen LogP contribution in [0, 0.1) is 0 Å². The Morgan fingerprint density at radius 3 is 2.38 bits per heavy atom. The predicted molar refractivity (Wildman–Crippen MR) is 59.3 cm³/mol. The summed E-state index contributed by atoms with van der Waals surface area (Å²) in [5.41, 5.74) is 0.508. The molecule has 16 heavy (non-hydrogen) atoms. The number of benzene rings is 1. The van der Waals surface area contributed by atoms with Crippen LogP contribution in [0.2, 0.25) is 0 Å². The second kappa shape index (κ2) is 5.69. The minimum atomic E-state index is -0.787. The van der Waals surface area contributed by atoms with Crippen molar-refractivity contribution in [3.05, 3.63) is 23.8 Å². The van der Waals surface area contributed by atoms with Crippen molar-refractivity contribution in [1.29, 1.82) is 0 Å². The molecule has 1 aromatic rings. The van der Waals surface area contributed by atoms with Gasteiger partial charge in [0.1, 0.15) is 0 Å². The molecule has 5 N–H and O–H groups in total. The number of hydrogen-bond donors (Lipinski definition) is 5. The summed E-state index contributed by atoms with van der Waals surface area (Å²) in [5.74, 6) is -0.472. The van der Waals surface area contributed by atoms with E-state index in [-0.39, 0.29) is 18.0 Å². The first-order valence-corrected chi connectivity index (χ1v) is 5.09. The van der Waals surface area contributed by atoms with Crippen LogP contribution in [0.25, 0.3) is 0 Å². The maximum Gasteiger partial charge on any atom is 0.157 e. The zero-order chi connectivity index (χ0) is 12.1. The molecule has 0 aromatic heterocycles. The second-order valence-corrected chi connectivity index (χ2v) is 3.77. The fourth-order valence-corrected chi connectivity index (χ4v) is 1.29. The van der Waals surface area contributed by atoms with E-state index in [1.54, 1.807) is 6.92 Å². The average Bonchev–Trinajstić information content (AvgIpc) is 2.21. The topological polar surface area (TPSA) is 93.0 Å². The first kappa shape index (κ1) is 12.8. The highest BCUT2D eigenvalue weighted by Gasteiger charge is 2.09. The molecule has 0 spiro atoms. The number of rotatable bonds is 5. The number of nitrogens with one attached hydrogen (secondary N) is 1. The number of phenols is 2. The molecule has 0 amide bonds. The van der Waals surface area contributed by atoms with Gasteiger partial charge in [-0.15, -0.1) is 0 Å². The number of phenolic OH excluding ortho intramolecular Hbond substituents is 2. The summed E-state index contributed by atoms with van der Waals surface area (Å²) >= 11 is 0. The third-order valence-corrected chi connectivity index (χ3v) is 2.16. The molecule has 5 nitrogen and oxygen atoms in total. The Bertz CT molecular complexity index is 341. The Morgan fingerprint density at radius 1 is 1.12 bits per heavy atom. The third kappa shape index (κ3) is 3.69. The minimum Gasteiger partial charge on any atom is -0.504 e. The van der Waals surface area contributed by atoms with E-state index >= 15 is 0 Å². The van der Waals surface area contributed by atoms with Crippen LogP contribution in [0.3, 0.4) is 0 Å². The normalized spacial score (nSPS) is 14.7. The van der Waals surface area contributed by atoms with Crippen molar-refractivity contribution in [2.75, 3.05) is 13.1 Å². The molecule has 2 atom stereocenters. The Labute approximate surface area is 94.0 Å². The van der Waals surface area contributed by atoms with Gasteiger partial charge in [0.2, 0.25) is 0 Å². The van der Waals surface area contributed by atoms with Gasteiger partial charge in [0, 0.05) is 13.1 Å². The highest BCUT2D eigenvalue weighted by molar-refractivity contribution is 5.41. The van der Waals surface area contributed by atoms with Gasteiger partial charge in [0.25, 0.3) is 0 Å². The third-order valence-electron chi connectivity index (χ3n) is 2.16. The highest BCUT2D eigenvalue weighted by Crippen LogP contribution is 2.27. The zero-order valence-corrected chi connectivity index (χ0v) is 9.09. The van der Waals surface area contributed by atoms with Gasteiger partial charge >= 0.3 is 0 Å². The molecule has 0 bridgehead atoms. The largest absolute Gasteiger partial charge is 0.504 e. The predicted octanol–water partition coefficient (Wildman–Crippen LogP) is 0.102. The van der Waals surface area contributed by atoms with E-state index in [4.69, 9.17) is 10.2 Å². The molecule has 0 aliphatic carbocycles. The lowest BCUT2D eigenvalue weighted by atomic mass is 10.1. The lowest BCUT2D eigenvalue weighted by Gasteiger charge is -2.13. The van der Waals surface area contributed by atoms with E-state index in [2.05, 4.69) is 5.32 Å². The van der Waals surface area contributed by atoms with Gasteiger partial charge in [-0.2, -0.15) is 0 Å². The molecule has 0 fully saturated rings. The smallest absolute Gasteiger partial charge is 0.157 e. The molecule has 0 saturated carbocycles. The second-order valence-electron chi connectivity index (χ2n) is 3.77. The maximum absolute atomic E-state index is 9.71. The van der Waals surface area contributed by atoms with E-state index < -0.39 is 12.2 Å². The van der Waals surface area contributed by atoms with E-state index in [1.165, 1.54) is 18.2 Å². The number of hydrogen-bond acceptors (Lipinski definition) is 5. The van der Waals surface area contributed by atoms with Crippen molar-refractivity contribution in [2.24, 2.45) is 0 Å². The summed E-state index contributed by atoms with van der Waals surface area (Å²) in [6.45, 7) is 2.31. The molecule has 0 saturated heterocycles. The van der Waals surface area contributed by atoms with Crippen molar-refractivity contribution in [1.82, 2.24) is 5.32 Å². The zero-order valence-electron chi connectivity index (χ0n) is 9.09. The Balaban J connectivity index is 2.52. The van der Waals surface area contributed by atoms with E-state index in [0.717, 1.165) is 0 Å². The van der Waals surface area contributed by atoms with Crippen molar-refractivity contribution in [3.63, 3.8) is 0 Å². The minimum absolute atomic E-state index is 0.215. The van der Waals surface area contributed by atoms with Gasteiger partial charge in [0.15, 0.2) is 11.5 Å². The van der Waals surface area contributed by atoms with Crippen LogP contribution in [-0.4, -0.2) is 39.6 Å². The first-order valence-electron chi connectivity index (χ1n) is 5.09. The molecular weight excluding hydrogens is 210 g/mol. The molecule has 2 unspecified atom stereocenters. The van der Waals surface area contributed by atoms with E-state index in [9.17, 15) is 10.2 Å². The van der Waals surface area contributed by atoms with Gasteiger partial charge in [-0.05, 0) is 24.6 Å². The van der Waals surface area contributed by atoms with Crippen molar-refractivity contribution < 1.29 is 20.4 Å². The Morgan fingerprint density at radius 2 is 1.81 bits per heavy atom. The van der Waals surface area contributed by atoms with Gasteiger partial charge in [0.05, 0.1) is 12.2 Å². The van der Waals surface area contributed by atoms with Gasteiger partial charge in [-0.1, -0.05) is 6.07 Å². The summed E-state index contributed by atoms with van der Waals surface area (Å²) in [6.07, 6.45) is -1.26. The van der Waals surface area contributed by atoms with Gasteiger partial charge in [-0.25, -0.2) is 0 Å². The van der Waals surface area contributed by atoms with Gasteiger partial charge < -0.3 is 25.7 Å². The summed E-state index contributed by atoms with van der Waals surface area (Å²) < 4.78 is 0. The summed E-state index contributed by atoms with van der Waals surface area (Å²) in [4.78, 5) is 0. The average molecular weight is 227 g/mol. The van der Waals surface area contributed by atoms with Crippen LogP contribution >= 0.6 is 0 Å². The molecule has 5 heteroatoms. The molecule has 0 radical (unpaired) electrons. The SMILES string of the molecule is CC(O)CNCC(O)c1ccc(O)c(O)c1. The van der Waals surface area contributed by atoms with Crippen LogP contribution in [0.4, 0.5) is 0 Å². The number of aliphatic hydroxyl groups is 2. The lowest BCUT2D eigenvalue weighted by molar-refractivity contribution is 0.154. The van der Waals surface area contributed by atoms with Crippen molar-refractivity contribution in [3.8, 4) is 11.5 Å². The molecule has 0 aliphatic rings. The number of aromatic hydroxyl groups is 2. The molecule has 1 rings (SSSR count). The molecule has 1 aromatic carbocycles. The summed E-state index contributed by atoms with van der Waals surface area (Å²) in [5, 5.41) is 39.9. The lowest BCUT2D eigenvalue weighted by Crippen LogP contribution is -2.28. The number of aliphatic hydroxyl groups excluding tert-OH is 2. The van der Waals surface area contributed by atoms with Crippen molar-refractivity contribution in [2.45, 2.75) is 19.1 Å². The van der Waals surface area contributed by atoms with E-state index in [0.29, 0.717) is 12.1 Å². The van der Waals surface area contributed by atoms with E-state index in [1.807, 2.05) is 0 Å². The van der Waals surface area contributed by atoms with Crippen LogP contribution in [0.15, 0.2) is 18.2 Å². The fourth-order valence-electron chi connectivity index (χ4n) is 1.29. The van der Waals surface area contributed by atoms with Crippen molar-refractivity contribution >= 4 is 0 Å². The van der Waals surface area contributed by atoms with Gasteiger partial charge in [-0.3, -0.25) is 0 Å². The highest BCUT2D eigenvalue weighted by atomic mass is 16.3. The summed E-state index contributed by atoms with van der Waals surface area (Å²) in [7, 11) is 0. The molecule has 0 heterocycles. The van der Waals surface area contributed by atoms with Crippen LogP contribution in [0.5, 0.6) is 11.5 Å². The molecule has 90 valence electrons. The monoisotopic (exact) mass is 227 g/mol. The maximum atomic E-state index is 9.71. The molecule has 0 aliphatic heterocycles. The van der Waals surface area contributed by atoms with Crippen LogP contribution < -0.4 is 5.32 Å². The first-order chi connectivity index (χ1) is 7.50. The molecular formula is C11H17NO4. The fraction of sp³-hybridized carbons (Fsp3) is 0.455. The Kier molecular flexibility index (Phi) is 4.54. The van der Waals surface area contributed by atoms with Crippen LogP contribution in [-0.2, 0) is 0 Å². The van der Waals surface area contributed by atoms with Crippen LogP contribution in [0.1, 0.15) is 18.6 Å².